The summed E-state index contributed by atoms with van der Waals surface area (Å²) in [4.78, 5) is 56.1. The van der Waals surface area contributed by atoms with Crippen molar-refractivity contribution in [1.29, 1.82) is 0 Å². The number of aliphatic imine (C=N–C) groups is 1. The fourth-order valence-corrected chi connectivity index (χ4v) is 9.34. The average Bonchev–Trinajstić information content (AvgIpc) is 3.84. The maximum atomic E-state index is 14.4. The smallest absolute Gasteiger partial charge is 0.437 e. The first-order chi connectivity index (χ1) is 27.6. The van der Waals surface area contributed by atoms with E-state index < -0.39 is 23.1 Å². The molecule has 0 spiro atoms. The fraction of sp³-hybridized carbons (Fsp3) is 0.511. The third kappa shape index (κ3) is 8.93. The van der Waals surface area contributed by atoms with Gasteiger partial charge < -0.3 is 29.6 Å². The maximum absolute atomic E-state index is 14.4. The Bertz CT molecular complexity index is 2160. The number of guanidine groups is 1. The van der Waals surface area contributed by atoms with Gasteiger partial charge >= 0.3 is 12.1 Å². The lowest BCUT2D eigenvalue weighted by molar-refractivity contribution is -0.147. The molecule has 3 saturated heterocycles. The third-order valence-electron chi connectivity index (χ3n) is 12.5. The number of pyridine rings is 1. The second kappa shape index (κ2) is 16.6. The molecule has 1 aliphatic carbocycles. The Morgan fingerprint density at radius 3 is 2.31 bits per heavy atom. The molecule has 2 amide bonds. The first-order valence-electron chi connectivity index (χ1n) is 21.0. The van der Waals surface area contributed by atoms with Crippen LogP contribution in [0, 0.1) is 19.8 Å². The van der Waals surface area contributed by atoms with E-state index in [-0.39, 0.29) is 24.3 Å². The number of hydrogen-bond donors (Lipinski definition) is 2. The van der Waals surface area contributed by atoms with Crippen molar-refractivity contribution in [3.8, 4) is 11.3 Å². The lowest BCUT2D eigenvalue weighted by Crippen LogP contribution is -2.55. The van der Waals surface area contributed by atoms with Gasteiger partial charge in [0.2, 0.25) is 11.9 Å². The van der Waals surface area contributed by atoms with Gasteiger partial charge in [-0.05, 0) is 138 Å². The molecule has 2 bridgehead atoms. The third-order valence-corrected chi connectivity index (χ3v) is 12.5. The molecule has 308 valence electrons. The van der Waals surface area contributed by atoms with E-state index in [4.69, 9.17) is 9.47 Å². The van der Waals surface area contributed by atoms with E-state index >= 15 is 0 Å². The Morgan fingerprint density at radius 2 is 1.66 bits per heavy atom. The van der Waals surface area contributed by atoms with Gasteiger partial charge in [-0.25, -0.2) is 4.79 Å². The largest absolute Gasteiger partial charge is 0.462 e. The first kappa shape index (κ1) is 41.0. The number of hydrogen-bond acceptors (Lipinski definition) is 6. The zero-order valence-corrected chi connectivity index (χ0v) is 35.5. The number of nitrogens with one attached hydrogen (secondary N) is 2. The number of aromatic nitrogens is 2. The van der Waals surface area contributed by atoms with Crippen molar-refractivity contribution in [2.75, 3.05) is 32.8 Å². The molecule has 11 heteroatoms. The van der Waals surface area contributed by atoms with E-state index in [1.807, 2.05) is 24.5 Å². The van der Waals surface area contributed by atoms with E-state index in [1.165, 1.54) is 36.5 Å². The molecule has 2 aromatic carbocycles. The van der Waals surface area contributed by atoms with Gasteiger partial charge in [-0.3, -0.25) is 14.6 Å². The van der Waals surface area contributed by atoms with Gasteiger partial charge in [0.1, 0.15) is 12.2 Å². The molecule has 3 aliphatic heterocycles. The Hall–Kier alpha value is -5.19. The van der Waals surface area contributed by atoms with Crippen LogP contribution in [0.3, 0.4) is 0 Å². The lowest BCUT2D eigenvalue weighted by atomic mass is 9.76. The molecule has 8 rings (SSSR count). The van der Waals surface area contributed by atoms with Crippen molar-refractivity contribution in [3.05, 3.63) is 88.7 Å². The minimum Gasteiger partial charge on any atom is -0.462 e. The van der Waals surface area contributed by atoms with Gasteiger partial charge in [-0.1, -0.05) is 30.2 Å². The van der Waals surface area contributed by atoms with E-state index in [9.17, 15) is 14.4 Å². The SMILES string of the molecule is CC(=O)OCC(C)(C)OC(=O)/N=C(\NC[C@@H](C)c1c(-c2cc(C)cc(C)c2)[nH]c2ccc(C(C)(C)C(=O)N3CC4CCC3CC4)cc12)N1CCC(c2ccncc2)C1. The number of carbonyl (C=O) groups is 3. The Labute approximate surface area is 343 Å². The molecule has 5 heterocycles. The highest BCUT2D eigenvalue weighted by Gasteiger charge is 2.42. The lowest BCUT2D eigenvalue weighted by Gasteiger charge is -2.47. The minimum atomic E-state index is -1.07. The summed E-state index contributed by atoms with van der Waals surface area (Å²) in [6, 6.07) is 17.5. The van der Waals surface area contributed by atoms with Gasteiger partial charge in [-0.2, -0.15) is 0 Å². The summed E-state index contributed by atoms with van der Waals surface area (Å²) in [7, 11) is 0. The van der Waals surface area contributed by atoms with Crippen molar-refractivity contribution in [2.45, 2.75) is 116 Å². The Morgan fingerprint density at radius 1 is 0.948 bits per heavy atom. The molecule has 4 aliphatic rings. The molecule has 0 radical (unpaired) electrons. The standard InChI is InChI=1S/C47H60N6O5/c1-29-21-30(2)23-36(22-29)42-41(39-24-37(11-14-40(39)50-42)47(7,8)43(55)53-26-33-9-12-38(53)13-10-33)31(3)25-49-44(51-45(56)58-46(5,6)28-57-32(4)54)52-20-17-35(27-52)34-15-18-48-19-16-34/h11,14-16,18-19,21-24,31,33,35,38,50H,9-10,12-13,17,20,25-28H2,1-8H3,(H,49,51,56)/t31-,33?,35?,38?/m1/s1. The van der Waals surface area contributed by atoms with Crippen LogP contribution in [0.1, 0.15) is 113 Å². The normalized spacial score (nSPS) is 20.3. The summed E-state index contributed by atoms with van der Waals surface area (Å²) in [6.45, 7) is 17.9. The van der Waals surface area contributed by atoms with Crippen LogP contribution in [0.2, 0.25) is 0 Å². The molecular weight excluding hydrogens is 729 g/mol. The van der Waals surface area contributed by atoms with Crippen molar-refractivity contribution in [2.24, 2.45) is 10.9 Å². The highest BCUT2D eigenvalue weighted by Crippen LogP contribution is 2.41. The number of benzene rings is 2. The van der Waals surface area contributed by atoms with E-state index in [0.29, 0.717) is 37.6 Å². The molecule has 11 nitrogen and oxygen atoms in total. The summed E-state index contributed by atoms with van der Waals surface area (Å²) in [5.74, 6) is 1.00. The number of rotatable bonds is 10. The second-order valence-electron chi connectivity index (χ2n) is 18.1. The molecule has 58 heavy (non-hydrogen) atoms. The zero-order valence-electron chi connectivity index (χ0n) is 35.5. The molecular formula is C47H60N6O5. The summed E-state index contributed by atoms with van der Waals surface area (Å²) >= 11 is 0. The number of nitrogens with zero attached hydrogens (tertiary/aromatic N) is 4. The van der Waals surface area contributed by atoms with Crippen molar-refractivity contribution in [3.63, 3.8) is 0 Å². The van der Waals surface area contributed by atoms with Crippen LogP contribution in [-0.4, -0.2) is 88.1 Å². The van der Waals surface area contributed by atoms with E-state index in [2.05, 4.69) is 101 Å². The number of esters is 1. The number of fused-ring (bicyclic) bond motifs is 4. The van der Waals surface area contributed by atoms with Crippen LogP contribution in [0.25, 0.3) is 22.2 Å². The Balaban J connectivity index is 1.21. The summed E-state index contributed by atoms with van der Waals surface area (Å²) in [5.41, 5.74) is 7.05. The predicted molar refractivity (Wildman–Crippen MR) is 228 cm³/mol. The van der Waals surface area contributed by atoms with Crippen molar-refractivity contribution >= 4 is 34.8 Å². The van der Waals surface area contributed by atoms with E-state index in [1.54, 1.807) is 13.8 Å². The Kier molecular flexibility index (Phi) is 11.7. The number of carbonyl (C=O) groups excluding carboxylic acids is 3. The highest BCUT2D eigenvalue weighted by molar-refractivity contribution is 5.95. The summed E-state index contributed by atoms with van der Waals surface area (Å²) in [5, 5.41) is 4.65. The number of ether oxygens (including phenoxy) is 2. The van der Waals surface area contributed by atoms with Crippen molar-refractivity contribution in [1.82, 2.24) is 25.1 Å². The number of piperidine rings is 2. The highest BCUT2D eigenvalue weighted by atomic mass is 16.6. The number of likely N-dealkylation sites (tertiary alicyclic amines) is 1. The quantitative estimate of drug-likeness (QED) is 0.0930. The van der Waals surface area contributed by atoms with E-state index in [0.717, 1.165) is 59.1 Å². The molecule has 1 saturated carbocycles. The van der Waals surface area contributed by atoms with Crippen LogP contribution in [0.5, 0.6) is 0 Å². The van der Waals surface area contributed by atoms with Crippen LogP contribution in [0.15, 0.2) is 65.9 Å². The van der Waals surface area contributed by atoms with Crippen LogP contribution in [0.4, 0.5) is 4.79 Å². The van der Waals surface area contributed by atoms with Gasteiger partial charge in [0.15, 0.2) is 0 Å². The first-order valence-corrected chi connectivity index (χ1v) is 21.0. The second-order valence-corrected chi connectivity index (χ2v) is 18.1. The zero-order chi connectivity index (χ0) is 41.4. The molecule has 2 atom stereocenters. The number of aryl methyl sites for hydroxylation is 2. The van der Waals surface area contributed by atoms with Crippen LogP contribution < -0.4 is 5.32 Å². The van der Waals surface area contributed by atoms with Gasteiger partial charge in [0.25, 0.3) is 0 Å². The fourth-order valence-electron chi connectivity index (χ4n) is 9.34. The summed E-state index contributed by atoms with van der Waals surface area (Å²) < 4.78 is 10.9. The topological polar surface area (TPSA) is 129 Å². The molecule has 1 unspecified atom stereocenters. The minimum absolute atomic E-state index is 0.0586. The van der Waals surface area contributed by atoms with Gasteiger partial charge in [0, 0.05) is 74.3 Å². The number of H-pyrrole nitrogens is 1. The van der Waals surface area contributed by atoms with Gasteiger partial charge in [0.05, 0.1) is 11.1 Å². The van der Waals surface area contributed by atoms with Gasteiger partial charge in [-0.15, -0.1) is 4.99 Å². The van der Waals surface area contributed by atoms with Crippen LogP contribution in [-0.2, 0) is 24.5 Å². The number of amides is 2. The predicted octanol–water partition coefficient (Wildman–Crippen LogP) is 8.54. The average molecular weight is 789 g/mol. The van der Waals surface area contributed by atoms with Crippen molar-refractivity contribution < 1.29 is 23.9 Å². The summed E-state index contributed by atoms with van der Waals surface area (Å²) in [6.07, 6.45) is 8.41. The van der Waals surface area contributed by atoms with Crippen LogP contribution >= 0.6 is 0 Å². The molecule has 2 N–H and O–H groups in total. The maximum Gasteiger partial charge on any atom is 0.437 e. The monoisotopic (exact) mass is 788 g/mol. The molecule has 4 fully saturated rings. The molecule has 4 aromatic rings. The number of aromatic amines is 1. The molecule has 2 aromatic heterocycles.